The summed E-state index contributed by atoms with van der Waals surface area (Å²) in [6, 6.07) is 0. The summed E-state index contributed by atoms with van der Waals surface area (Å²) >= 11 is 1.48. The van der Waals surface area contributed by atoms with Crippen molar-refractivity contribution in [2.75, 3.05) is 12.3 Å². The zero-order valence-corrected chi connectivity index (χ0v) is 15.7. The van der Waals surface area contributed by atoms with Crippen molar-refractivity contribution in [3.8, 4) is 0 Å². The molecule has 2 atom stereocenters. The summed E-state index contributed by atoms with van der Waals surface area (Å²) in [6.07, 6.45) is 2.85. The largest absolute Gasteiger partial charge is 0.481 e. The predicted octanol–water partition coefficient (Wildman–Crippen LogP) is 2.60. The molecule has 0 aromatic heterocycles. The molecule has 1 rings (SSSR count). The molecule has 0 fully saturated rings. The molecule has 5 nitrogen and oxygen atoms in total. The van der Waals surface area contributed by atoms with E-state index in [1.54, 1.807) is 18.4 Å². The van der Waals surface area contributed by atoms with Gasteiger partial charge in [0.05, 0.1) is 18.8 Å². The predicted molar refractivity (Wildman–Crippen MR) is 92.9 cm³/mol. The van der Waals surface area contributed by atoms with Gasteiger partial charge in [0, 0.05) is 11.7 Å². The lowest BCUT2D eigenvalue weighted by Gasteiger charge is -2.25. The second-order valence-corrected chi connectivity index (χ2v) is 9.66. The lowest BCUT2D eigenvalue weighted by Crippen LogP contribution is -2.26. The van der Waals surface area contributed by atoms with E-state index in [0.717, 1.165) is 12.2 Å². The van der Waals surface area contributed by atoms with Gasteiger partial charge < -0.3 is 10.2 Å². The number of nitrogens with zero attached hydrogens (tertiary/aromatic N) is 1. The maximum absolute atomic E-state index is 12.2. The molecule has 0 aromatic carbocycles. The van der Waals surface area contributed by atoms with Crippen molar-refractivity contribution in [2.24, 2.45) is 17.3 Å². The summed E-state index contributed by atoms with van der Waals surface area (Å²) < 4.78 is 1.69. The van der Waals surface area contributed by atoms with E-state index < -0.39 is 10.9 Å². The Kier molecular flexibility index (Phi) is 6.83. The van der Waals surface area contributed by atoms with Crippen LogP contribution in [0.25, 0.3) is 0 Å². The Hall–Kier alpha value is -0.880. The summed E-state index contributed by atoms with van der Waals surface area (Å²) in [5.41, 5.74) is 0.163. The number of aliphatic hydroxyl groups is 1. The van der Waals surface area contributed by atoms with Gasteiger partial charge in [0.1, 0.15) is 4.93 Å². The van der Waals surface area contributed by atoms with Crippen LogP contribution in [-0.2, 0) is 9.59 Å². The average molecular weight is 344 g/mol. The zero-order chi connectivity index (χ0) is 17.8. The fraction of sp³-hybridized carbons (Fsp3) is 0.824. The molecule has 2 unspecified atom stereocenters. The Morgan fingerprint density at radius 1 is 1.22 bits per heavy atom. The van der Waals surface area contributed by atoms with Crippen molar-refractivity contribution >= 4 is 29.9 Å². The fourth-order valence-electron chi connectivity index (χ4n) is 2.83. The van der Waals surface area contributed by atoms with Gasteiger partial charge in [-0.1, -0.05) is 20.8 Å². The number of aliphatic carboxylic acids is 1. The minimum Gasteiger partial charge on any atom is -0.481 e. The van der Waals surface area contributed by atoms with Crippen LogP contribution >= 0.6 is 11.8 Å². The van der Waals surface area contributed by atoms with Crippen molar-refractivity contribution in [2.45, 2.75) is 58.8 Å². The molecule has 0 bridgehead atoms. The van der Waals surface area contributed by atoms with Crippen LogP contribution in [0.2, 0.25) is 0 Å². The first-order valence-electron chi connectivity index (χ1n) is 8.10. The molecular formula is C17H30NO4S+. The van der Waals surface area contributed by atoms with Gasteiger partial charge in [0.15, 0.2) is 12.8 Å². The van der Waals surface area contributed by atoms with E-state index in [1.807, 2.05) is 6.21 Å². The van der Waals surface area contributed by atoms with E-state index in [1.165, 1.54) is 11.8 Å². The first-order valence-corrected chi connectivity index (χ1v) is 9.08. The molecule has 132 valence electrons. The number of amides is 1. The number of hydrogen-bond acceptors (Lipinski definition) is 4. The molecule has 23 heavy (non-hydrogen) atoms. The van der Waals surface area contributed by atoms with Crippen LogP contribution in [0, 0.1) is 17.3 Å². The van der Waals surface area contributed by atoms with Gasteiger partial charge in [-0.25, -0.2) is 4.79 Å². The van der Waals surface area contributed by atoms with Crippen LogP contribution in [0.4, 0.5) is 0 Å². The number of carboxylic acids is 1. The molecule has 1 heterocycles. The van der Waals surface area contributed by atoms with Crippen LogP contribution < -0.4 is 0 Å². The van der Waals surface area contributed by atoms with Crippen LogP contribution in [0.5, 0.6) is 0 Å². The fourth-order valence-corrected chi connectivity index (χ4v) is 3.78. The SMILES string of the molecule is CC(C)(C)CC1C[N+](C(=O)CCC(=O)O)=CC1CSC(C)(C)O. The summed E-state index contributed by atoms with van der Waals surface area (Å²) in [5, 5.41) is 18.6. The third-order valence-corrected chi connectivity index (χ3v) is 5.04. The molecule has 1 aliphatic rings. The van der Waals surface area contributed by atoms with E-state index in [0.29, 0.717) is 12.5 Å². The Bertz CT molecular complexity index is 474. The minimum absolute atomic E-state index is 0.0411. The van der Waals surface area contributed by atoms with Crippen molar-refractivity contribution in [1.29, 1.82) is 0 Å². The molecule has 0 radical (unpaired) electrons. The maximum atomic E-state index is 12.2. The average Bonchev–Trinajstić information content (AvgIpc) is 2.73. The Morgan fingerprint density at radius 2 is 1.83 bits per heavy atom. The molecule has 1 aliphatic heterocycles. The Labute approximate surface area is 143 Å². The minimum atomic E-state index is -0.946. The van der Waals surface area contributed by atoms with E-state index >= 15 is 0 Å². The highest BCUT2D eigenvalue weighted by Crippen LogP contribution is 2.34. The first kappa shape index (κ1) is 20.2. The highest BCUT2D eigenvalue weighted by Gasteiger charge is 2.39. The Balaban J connectivity index is 2.76. The topological polar surface area (TPSA) is 77.6 Å². The molecule has 0 saturated carbocycles. The second-order valence-electron chi connectivity index (χ2n) is 8.04. The van der Waals surface area contributed by atoms with Crippen molar-refractivity contribution < 1.29 is 24.4 Å². The summed E-state index contributed by atoms with van der Waals surface area (Å²) in [4.78, 5) is 22.0. The number of thioether (sulfide) groups is 1. The second kappa shape index (κ2) is 7.79. The van der Waals surface area contributed by atoms with Gasteiger partial charge in [0.25, 0.3) is 0 Å². The highest BCUT2D eigenvalue weighted by molar-refractivity contribution is 8.00. The van der Waals surface area contributed by atoms with Crippen LogP contribution in [0.15, 0.2) is 0 Å². The first-order chi connectivity index (χ1) is 10.4. The number of hydrogen-bond donors (Lipinski definition) is 2. The standard InChI is InChI=1S/C17H29NO4S/c1-16(2,3)8-12-9-18(14(19)6-7-15(20)21)10-13(12)11-23-17(4,5)22/h10,12-13,22H,6-9,11H2,1-5H3/p+1. The number of carbonyl (C=O) groups excluding carboxylic acids is 1. The molecule has 0 spiro atoms. The summed E-state index contributed by atoms with van der Waals surface area (Å²) in [6.45, 7) is 10.7. The third-order valence-electron chi connectivity index (χ3n) is 3.78. The van der Waals surface area contributed by atoms with E-state index in [-0.39, 0.29) is 30.1 Å². The van der Waals surface area contributed by atoms with E-state index in [2.05, 4.69) is 20.8 Å². The number of carbonyl (C=O) groups is 2. The normalized spacial score (nSPS) is 22.1. The highest BCUT2D eigenvalue weighted by atomic mass is 32.2. The van der Waals surface area contributed by atoms with Gasteiger partial charge in [0.2, 0.25) is 0 Å². The molecular weight excluding hydrogens is 314 g/mol. The van der Waals surface area contributed by atoms with Gasteiger partial charge >= 0.3 is 11.9 Å². The van der Waals surface area contributed by atoms with Crippen LogP contribution in [0.3, 0.4) is 0 Å². The summed E-state index contributed by atoms with van der Waals surface area (Å²) in [7, 11) is 0. The van der Waals surface area contributed by atoms with Crippen molar-refractivity contribution in [3.05, 3.63) is 0 Å². The molecule has 0 saturated heterocycles. The van der Waals surface area contributed by atoms with Crippen LogP contribution in [0.1, 0.15) is 53.9 Å². The monoisotopic (exact) mass is 344 g/mol. The number of carboxylic acid groups (broad SMARTS) is 1. The molecule has 2 N–H and O–H groups in total. The molecule has 0 aromatic rings. The van der Waals surface area contributed by atoms with Crippen LogP contribution in [-0.4, -0.2) is 50.1 Å². The molecule has 6 heteroatoms. The van der Waals surface area contributed by atoms with Crippen molar-refractivity contribution in [1.82, 2.24) is 0 Å². The maximum Gasteiger partial charge on any atom is 0.387 e. The quantitative estimate of drug-likeness (QED) is 0.548. The smallest absolute Gasteiger partial charge is 0.387 e. The number of rotatable bonds is 7. The van der Waals surface area contributed by atoms with E-state index in [4.69, 9.17) is 5.11 Å². The lowest BCUT2D eigenvalue weighted by atomic mass is 9.80. The molecule has 1 amide bonds. The summed E-state index contributed by atoms with van der Waals surface area (Å²) in [5.74, 6) is 0.255. The third kappa shape index (κ3) is 7.97. The molecule has 0 aliphatic carbocycles. The van der Waals surface area contributed by atoms with Gasteiger partial charge in [-0.15, -0.1) is 11.8 Å². The van der Waals surface area contributed by atoms with Gasteiger partial charge in [-0.2, -0.15) is 4.58 Å². The lowest BCUT2D eigenvalue weighted by molar-refractivity contribution is -0.443. The zero-order valence-electron chi connectivity index (χ0n) is 14.8. The van der Waals surface area contributed by atoms with Gasteiger partial charge in [-0.3, -0.25) is 4.79 Å². The Morgan fingerprint density at radius 3 is 2.30 bits per heavy atom. The van der Waals surface area contributed by atoms with Crippen molar-refractivity contribution in [3.63, 3.8) is 0 Å². The van der Waals surface area contributed by atoms with E-state index in [9.17, 15) is 14.7 Å². The van der Waals surface area contributed by atoms with Gasteiger partial charge in [-0.05, 0) is 25.7 Å².